The van der Waals surface area contributed by atoms with Crippen LogP contribution in [0.2, 0.25) is 0 Å². The third-order valence-corrected chi connectivity index (χ3v) is 1.57. The summed E-state index contributed by atoms with van der Waals surface area (Å²) in [5, 5.41) is 0. The summed E-state index contributed by atoms with van der Waals surface area (Å²) in [6, 6.07) is 4.93. The Morgan fingerprint density at radius 3 is 2.31 bits per heavy atom. The zero-order valence-electron chi connectivity index (χ0n) is 8.52. The van der Waals surface area contributed by atoms with Crippen molar-refractivity contribution in [3.63, 3.8) is 0 Å². The number of para-hydroxylation sites is 1. The smallest absolute Gasteiger partial charge is 0.165 e. The number of aryl methyl sites for hydroxylation is 1. The Bertz CT molecular complexity index is 279. The van der Waals surface area contributed by atoms with Gasteiger partial charge in [-0.05, 0) is 39.3 Å². The summed E-state index contributed by atoms with van der Waals surface area (Å²) in [6.45, 7) is 7.54. The van der Waals surface area contributed by atoms with Gasteiger partial charge in [-0.15, -0.1) is 0 Å². The zero-order valence-corrected chi connectivity index (χ0v) is 8.52. The zero-order chi connectivity index (χ0) is 10.1. The number of hydrogen-bond acceptors (Lipinski definition) is 1. The highest BCUT2D eigenvalue weighted by Crippen LogP contribution is 2.25. The maximum atomic E-state index is 13.3. The number of benzene rings is 1. The lowest BCUT2D eigenvalue weighted by Crippen LogP contribution is -2.24. The van der Waals surface area contributed by atoms with Crippen LogP contribution in [0.4, 0.5) is 4.39 Å². The SMILES string of the molecule is Cc1cccc(F)c1OC(C)(C)C. The van der Waals surface area contributed by atoms with Gasteiger partial charge in [0, 0.05) is 0 Å². The molecule has 0 amide bonds. The van der Waals surface area contributed by atoms with Crippen LogP contribution in [-0.2, 0) is 0 Å². The minimum Gasteiger partial charge on any atom is -0.485 e. The van der Waals surface area contributed by atoms with Crippen LogP contribution in [0.3, 0.4) is 0 Å². The number of ether oxygens (including phenoxy) is 1. The van der Waals surface area contributed by atoms with Crippen molar-refractivity contribution in [1.82, 2.24) is 0 Å². The van der Waals surface area contributed by atoms with E-state index in [2.05, 4.69) is 0 Å². The quantitative estimate of drug-likeness (QED) is 0.647. The van der Waals surface area contributed by atoms with Crippen LogP contribution < -0.4 is 4.74 Å². The third kappa shape index (κ3) is 2.72. The fourth-order valence-electron chi connectivity index (χ4n) is 1.05. The normalized spacial score (nSPS) is 11.5. The van der Waals surface area contributed by atoms with Gasteiger partial charge in [-0.1, -0.05) is 12.1 Å². The maximum Gasteiger partial charge on any atom is 0.165 e. The van der Waals surface area contributed by atoms with E-state index >= 15 is 0 Å². The Morgan fingerprint density at radius 2 is 1.85 bits per heavy atom. The predicted molar refractivity (Wildman–Crippen MR) is 51.5 cm³/mol. The first kappa shape index (κ1) is 10.0. The molecule has 1 rings (SSSR count). The Kier molecular flexibility index (Phi) is 2.60. The third-order valence-electron chi connectivity index (χ3n) is 1.57. The average molecular weight is 182 g/mol. The lowest BCUT2D eigenvalue weighted by atomic mass is 10.1. The van der Waals surface area contributed by atoms with Crippen LogP contribution in [0.1, 0.15) is 26.3 Å². The van der Waals surface area contributed by atoms with E-state index in [9.17, 15) is 4.39 Å². The highest BCUT2D eigenvalue weighted by atomic mass is 19.1. The van der Waals surface area contributed by atoms with Gasteiger partial charge >= 0.3 is 0 Å². The molecule has 0 atom stereocenters. The molecule has 0 aliphatic heterocycles. The molecule has 0 heterocycles. The highest BCUT2D eigenvalue weighted by molar-refractivity contribution is 5.34. The molecule has 72 valence electrons. The Hall–Kier alpha value is -1.05. The lowest BCUT2D eigenvalue weighted by molar-refractivity contribution is 0.123. The Balaban J connectivity index is 3.00. The molecule has 0 unspecified atom stereocenters. The summed E-state index contributed by atoms with van der Waals surface area (Å²) in [5.41, 5.74) is 0.474. The van der Waals surface area contributed by atoms with Crippen molar-refractivity contribution < 1.29 is 9.13 Å². The van der Waals surface area contributed by atoms with Gasteiger partial charge in [0.2, 0.25) is 0 Å². The van der Waals surface area contributed by atoms with Crippen LogP contribution in [0.5, 0.6) is 5.75 Å². The van der Waals surface area contributed by atoms with Crippen LogP contribution in [0, 0.1) is 12.7 Å². The largest absolute Gasteiger partial charge is 0.485 e. The van der Waals surface area contributed by atoms with Gasteiger partial charge in [-0.3, -0.25) is 0 Å². The minimum atomic E-state index is -0.354. The molecular formula is C11H15FO. The lowest BCUT2D eigenvalue weighted by Gasteiger charge is -2.22. The van der Waals surface area contributed by atoms with E-state index in [1.807, 2.05) is 33.8 Å². The van der Waals surface area contributed by atoms with E-state index in [1.165, 1.54) is 6.07 Å². The van der Waals surface area contributed by atoms with Crippen LogP contribution >= 0.6 is 0 Å². The van der Waals surface area contributed by atoms with E-state index in [0.717, 1.165) is 5.56 Å². The molecule has 0 fully saturated rings. The van der Waals surface area contributed by atoms with Gasteiger partial charge in [0.1, 0.15) is 5.60 Å². The van der Waals surface area contributed by atoms with Crippen LogP contribution in [0.25, 0.3) is 0 Å². The molecule has 0 aromatic heterocycles. The molecule has 1 nitrogen and oxygen atoms in total. The topological polar surface area (TPSA) is 9.23 Å². The van der Waals surface area contributed by atoms with Crippen LogP contribution in [-0.4, -0.2) is 5.60 Å². The second kappa shape index (κ2) is 3.36. The van der Waals surface area contributed by atoms with Crippen molar-refractivity contribution >= 4 is 0 Å². The van der Waals surface area contributed by atoms with Gasteiger partial charge in [0.15, 0.2) is 11.6 Å². The van der Waals surface area contributed by atoms with Gasteiger partial charge in [-0.2, -0.15) is 0 Å². The standard InChI is InChI=1S/C11H15FO/c1-8-6-5-7-9(12)10(8)13-11(2,3)4/h5-7H,1-4H3. The van der Waals surface area contributed by atoms with Crippen molar-refractivity contribution in [2.45, 2.75) is 33.3 Å². The summed E-state index contributed by atoms with van der Waals surface area (Å²) in [6.07, 6.45) is 0. The van der Waals surface area contributed by atoms with Crippen molar-refractivity contribution in [2.75, 3.05) is 0 Å². The molecule has 0 saturated heterocycles. The molecule has 0 saturated carbocycles. The van der Waals surface area contributed by atoms with Crippen molar-refractivity contribution in [2.24, 2.45) is 0 Å². The van der Waals surface area contributed by atoms with Gasteiger partial charge in [0.25, 0.3) is 0 Å². The average Bonchev–Trinajstić information content (AvgIpc) is 1.95. The van der Waals surface area contributed by atoms with E-state index in [0.29, 0.717) is 5.75 Å². The summed E-state index contributed by atoms with van der Waals surface area (Å²) in [5.74, 6) is 0.0601. The molecule has 0 bridgehead atoms. The number of hydrogen-bond donors (Lipinski definition) is 0. The molecule has 0 N–H and O–H groups in total. The molecule has 13 heavy (non-hydrogen) atoms. The first-order valence-corrected chi connectivity index (χ1v) is 4.34. The second-order valence-electron chi connectivity index (χ2n) is 4.10. The van der Waals surface area contributed by atoms with Gasteiger partial charge in [0.05, 0.1) is 0 Å². The van der Waals surface area contributed by atoms with E-state index in [4.69, 9.17) is 4.74 Å². The first-order valence-electron chi connectivity index (χ1n) is 4.34. The molecule has 1 aromatic carbocycles. The van der Waals surface area contributed by atoms with Gasteiger partial charge < -0.3 is 4.74 Å². The van der Waals surface area contributed by atoms with Gasteiger partial charge in [-0.25, -0.2) is 4.39 Å². The van der Waals surface area contributed by atoms with E-state index in [-0.39, 0.29) is 11.4 Å². The number of halogens is 1. The van der Waals surface area contributed by atoms with Crippen molar-refractivity contribution in [3.8, 4) is 5.75 Å². The summed E-state index contributed by atoms with van der Waals surface area (Å²) in [4.78, 5) is 0. The molecule has 0 spiro atoms. The fourth-order valence-corrected chi connectivity index (χ4v) is 1.05. The van der Waals surface area contributed by atoms with Crippen molar-refractivity contribution in [1.29, 1.82) is 0 Å². The molecule has 0 aliphatic rings. The Morgan fingerprint density at radius 1 is 1.23 bits per heavy atom. The van der Waals surface area contributed by atoms with Crippen molar-refractivity contribution in [3.05, 3.63) is 29.6 Å². The fraction of sp³-hybridized carbons (Fsp3) is 0.455. The molecule has 2 heteroatoms. The van der Waals surface area contributed by atoms with E-state index < -0.39 is 0 Å². The summed E-state index contributed by atoms with van der Waals surface area (Å²) >= 11 is 0. The maximum absolute atomic E-state index is 13.3. The monoisotopic (exact) mass is 182 g/mol. The second-order valence-corrected chi connectivity index (χ2v) is 4.10. The molecule has 1 aromatic rings. The molecule has 0 aliphatic carbocycles. The first-order chi connectivity index (χ1) is 5.90. The summed E-state index contributed by atoms with van der Waals surface area (Å²) < 4.78 is 18.7. The Labute approximate surface area is 78.5 Å². The number of rotatable bonds is 1. The highest BCUT2D eigenvalue weighted by Gasteiger charge is 2.16. The molecule has 0 radical (unpaired) electrons. The molecular weight excluding hydrogens is 167 g/mol. The summed E-state index contributed by atoms with van der Waals surface area (Å²) in [7, 11) is 0. The van der Waals surface area contributed by atoms with E-state index in [1.54, 1.807) is 6.07 Å². The minimum absolute atomic E-state index is 0.296. The van der Waals surface area contributed by atoms with Crippen LogP contribution in [0.15, 0.2) is 18.2 Å². The predicted octanol–water partition coefficient (Wildman–Crippen LogP) is 3.31.